The van der Waals surface area contributed by atoms with Gasteiger partial charge < -0.3 is 15.4 Å². The molecule has 0 aliphatic carbocycles. The van der Waals surface area contributed by atoms with Crippen molar-refractivity contribution in [2.24, 2.45) is 0 Å². The van der Waals surface area contributed by atoms with E-state index in [-0.39, 0.29) is 24.2 Å². The molecule has 1 atom stereocenters. The number of urea groups is 1. The minimum absolute atomic E-state index is 0.0152. The highest BCUT2D eigenvalue weighted by Crippen LogP contribution is 2.22. The lowest BCUT2D eigenvalue weighted by Crippen LogP contribution is -2.48. The Morgan fingerprint density at radius 1 is 1.39 bits per heavy atom. The Morgan fingerprint density at radius 2 is 2.13 bits per heavy atom. The number of rotatable bonds is 4. The summed E-state index contributed by atoms with van der Waals surface area (Å²) in [6, 6.07) is 0.419. The van der Waals surface area contributed by atoms with Crippen molar-refractivity contribution >= 4 is 17.8 Å². The Balaban J connectivity index is 2.04. The van der Waals surface area contributed by atoms with Gasteiger partial charge in [-0.1, -0.05) is 0 Å². The van der Waals surface area contributed by atoms with Crippen LogP contribution in [0.2, 0.25) is 0 Å². The molecule has 3 N–H and O–H groups in total. The van der Waals surface area contributed by atoms with Gasteiger partial charge in [0.1, 0.15) is 11.9 Å². The van der Waals surface area contributed by atoms with Crippen LogP contribution in [-0.4, -0.2) is 31.0 Å². The number of hydrogen-bond donors (Lipinski definition) is 3. The maximum Gasteiger partial charge on any atom is 0.322 e. The van der Waals surface area contributed by atoms with E-state index in [2.05, 4.69) is 10.6 Å². The fourth-order valence-corrected chi connectivity index (χ4v) is 2.12. The molecule has 2 rings (SSSR count). The van der Waals surface area contributed by atoms with Gasteiger partial charge in [-0.3, -0.25) is 14.9 Å². The zero-order valence-electron chi connectivity index (χ0n) is 12.2. The normalized spacial score (nSPS) is 17.8. The number of hydrogen-bond acceptors (Lipinski definition) is 4. The fraction of sp³-hybridized carbons (Fsp3) is 0.357. The van der Waals surface area contributed by atoms with Crippen molar-refractivity contribution in [3.8, 4) is 5.75 Å². The van der Waals surface area contributed by atoms with Crippen LogP contribution in [0, 0.1) is 11.6 Å². The van der Waals surface area contributed by atoms with E-state index in [1.807, 2.05) is 5.32 Å². The lowest BCUT2D eigenvalue weighted by molar-refractivity contribution is -0.123. The zero-order chi connectivity index (χ0) is 17.0. The van der Waals surface area contributed by atoms with Crippen molar-refractivity contribution < 1.29 is 27.9 Å². The minimum Gasteiger partial charge on any atom is -0.494 e. The molecule has 1 aliphatic rings. The molecule has 1 heterocycles. The molecular formula is C14H15F2N3O4. The number of ether oxygens (including phenoxy) is 1. The molecule has 4 amide bonds. The Kier molecular flexibility index (Phi) is 5.09. The average Bonchev–Trinajstić information content (AvgIpc) is 2.67. The highest BCUT2D eigenvalue weighted by Gasteiger charge is 2.26. The molecule has 0 unspecified atom stereocenters. The minimum atomic E-state index is -0.960. The van der Waals surface area contributed by atoms with Gasteiger partial charge in [-0.05, 0) is 18.6 Å². The first-order valence-corrected chi connectivity index (χ1v) is 6.81. The first kappa shape index (κ1) is 16.7. The van der Waals surface area contributed by atoms with Crippen LogP contribution in [-0.2, 0) is 16.1 Å². The number of carbonyl (C=O) groups excluding carboxylic acids is 3. The van der Waals surface area contributed by atoms with Crippen LogP contribution in [0.5, 0.6) is 5.75 Å². The smallest absolute Gasteiger partial charge is 0.322 e. The number of halogens is 2. The highest BCUT2D eigenvalue weighted by molar-refractivity contribution is 5.98. The maximum atomic E-state index is 14.0. The Hall–Kier alpha value is -2.71. The Labute approximate surface area is 130 Å². The second kappa shape index (κ2) is 7.03. The summed E-state index contributed by atoms with van der Waals surface area (Å²) in [6.07, 6.45) is 0.0746. The first-order valence-electron chi connectivity index (χ1n) is 6.81. The van der Waals surface area contributed by atoms with Crippen LogP contribution in [0.4, 0.5) is 13.6 Å². The molecule has 0 aromatic heterocycles. The van der Waals surface area contributed by atoms with Gasteiger partial charge in [0.05, 0.1) is 7.11 Å². The van der Waals surface area contributed by atoms with Crippen LogP contribution in [0.25, 0.3) is 0 Å². The third-order valence-electron chi connectivity index (χ3n) is 3.34. The van der Waals surface area contributed by atoms with Crippen molar-refractivity contribution in [1.82, 2.24) is 16.0 Å². The molecule has 0 saturated carbocycles. The largest absolute Gasteiger partial charge is 0.494 e. The van der Waals surface area contributed by atoms with E-state index in [9.17, 15) is 23.2 Å². The van der Waals surface area contributed by atoms with E-state index < -0.39 is 42.1 Å². The van der Waals surface area contributed by atoms with Crippen molar-refractivity contribution in [2.45, 2.75) is 25.4 Å². The highest BCUT2D eigenvalue weighted by atomic mass is 19.1. The molecule has 7 nitrogen and oxygen atoms in total. The molecule has 1 aromatic rings. The summed E-state index contributed by atoms with van der Waals surface area (Å²) in [5.74, 6) is -3.02. The van der Waals surface area contributed by atoms with Gasteiger partial charge in [-0.15, -0.1) is 0 Å². The molecule has 1 saturated heterocycles. The molecular weight excluding hydrogens is 312 g/mol. The number of methoxy groups -OCH3 is 1. The second-order valence-electron chi connectivity index (χ2n) is 4.87. The summed E-state index contributed by atoms with van der Waals surface area (Å²) < 4.78 is 32.4. The van der Waals surface area contributed by atoms with Crippen LogP contribution < -0.4 is 20.7 Å². The van der Waals surface area contributed by atoms with Gasteiger partial charge in [0, 0.05) is 18.5 Å². The van der Waals surface area contributed by atoms with E-state index >= 15 is 0 Å². The summed E-state index contributed by atoms with van der Waals surface area (Å²) in [5, 5.41) is 6.67. The Morgan fingerprint density at radius 3 is 2.83 bits per heavy atom. The lowest BCUT2D eigenvalue weighted by atomic mass is 10.1. The number of benzene rings is 1. The van der Waals surface area contributed by atoms with E-state index in [1.165, 1.54) is 7.11 Å². The van der Waals surface area contributed by atoms with Gasteiger partial charge in [-0.2, -0.15) is 0 Å². The molecule has 0 spiro atoms. The Bertz CT molecular complexity index is 651. The molecule has 1 fully saturated rings. The van der Waals surface area contributed by atoms with Gasteiger partial charge in [0.2, 0.25) is 11.8 Å². The van der Waals surface area contributed by atoms with E-state index in [0.29, 0.717) is 0 Å². The van der Waals surface area contributed by atoms with Gasteiger partial charge in [0.15, 0.2) is 11.6 Å². The van der Waals surface area contributed by atoms with Crippen LogP contribution >= 0.6 is 0 Å². The standard InChI is InChI=1S/C14H15F2N3O4/c1-23-10-4-2-8(15)7(12(10)16)6-17-13(21)9-3-5-11(20)19-14(22)18-9/h2,4,9H,3,5-6H2,1H3,(H,17,21)(H2,18,19,20,22)/t9-/m1/s1. The quantitative estimate of drug-likeness (QED) is 0.753. The van der Waals surface area contributed by atoms with Crippen LogP contribution in [0.15, 0.2) is 12.1 Å². The van der Waals surface area contributed by atoms with E-state index in [4.69, 9.17) is 4.74 Å². The first-order chi connectivity index (χ1) is 10.9. The molecule has 1 aromatic carbocycles. The van der Waals surface area contributed by atoms with Crippen LogP contribution in [0.3, 0.4) is 0 Å². The second-order valence-corrected chi connectivity index (χ2v) is 4.87. The summed E-state index contributed by atoms with van der Waals surface area (Å²) >= 11 is 0. The predicted molar refractivity (Wildman–Crippen MR) is 74.5 cm³/mol. The SMILES string of the molecule is COc1ccc(F)c(CNC(=O)[C@H]2CCC(=O)NC(=O)N2)c1F. The molecule has 9 heteroatoms. The number of imide groups is 1. The summed E-state index contributed by atoms with van der Waals surface area (Å²) in [6.45, 7) is -0.415. The van der Waals surface area contributed by atoms with Crippen molar-refractivity contribution in [3.05, 3.63) is 29.3 Å². The van der Waals surface area contributed by atoms with Crippen molar-refractivity contribution in [2.75, 3.05) is 7.11 Å². The van der Waals surface area contributed by atoms with E-state index in [1.54, 1.807) is 0 Å². The van der Waals surface area contributed by atoms with Crippen molar-refractivity contribution in [3.63, 3.8) is 0 Å². The third kappa shape index (κ3) is 3.93. The lowest BCUT2D eigenvalue weighted by Gasteiger charge is -2.15. The average molecular weight is 327 g/mol. The summed E-state index contributed by atoms with van der Waals surface area (Å²) in [7, 11) is 1.24. The molecule has 0 bridgehead atoms. The third-order valence-corrected chi connectivity index (χ3v) is 3.34. The summed E-state index contributed by atoms with van der Waals surface area (Å²) in [4.78, 5) is 34.5. The van der Waals surface area contributed by atoms with Crippen molar-refractivity contribution in [1.29, 1.82) is 0 Å². The topological polar surface area (TPSA) is 96.5 Å². The van der Waals surface area contributed by atoms with Crippen LogP contribution in [0.1, 0.15) is 18.4 Å². The molecule has 124 valence electrons. The number of nitrogens with one attached hydrogen (secondary N) is 3. The van der Waals surface area contributed by atoms with Gasteiger partial charge in [-0.25, -0.2) is 13.6 Å². The number of amides is 4. The molecule has 0 radical (unpaired) electrons. The number of carbonyl (C=O) groups is 3. The molecule has 23 heavy (non-hydrogen) atoms. The molecule has 1 aliphatic heterocycles. The maximum absolute atomic E-state index is 14.0. The predicted octanol–water partition coefficient (Wildman–Crippen LogP) is 0.578. The van der Waals surface area contributed by atoms with Gasteiger partial charge in [0.25, 0.3) is 0 Å². The summed E-state index contributed by atoms with van der Waals surface area (Å²) in [5.41, 5.74) is -0.355. The van der Waals surface area contributed by atoms with E-state index in [0.717, 1.165) is 12.1 Å². The monoisotopic (exact) mass is 327 g/mol. The fourth-order valence-electron chi connectivity index (χ4n) is 2.12. The zero-order valence-corrected chi connectivity index (χ0v) is 12.2. The van der Waals surface area contributed by atoms with Gasteiger partial charge >= 0.3 is 6.03 Å².